The normalized spacial score (nSPS) is 19.2. The first-order chi connectivity index (χ1) is 14.6. The van der Waals surface area contributed by atoms with Crippen molar-refractivity contribution >= 4 is 23.1 Å². The summed E-state index contributed by atoms with van der Waals surface area (Å²) in [6, 6.07) is 6.71. The molecule has 3 aromatic heterocycles. The Balaban J connectivity index is 1.30. The molecule has 3 heterocycles. The number of nitrogens with zero attached hydrogens (tertiary/aromatic N) is 4. The summed E-state index contributed by atoms with van der Waals surface area (Å²) >= 11 is 1.48. The van der Waals surface area contributed by atoms with E-state index in [0.29, 0.717) is 40.9 Å². The van der Waals surface area contributed by atoms with Crippen LogP contribution < -0.4 is 5.32 Å². The molecule has 1 unspecified atom stereocenters. The standard InChI is InChI=1S/C21H20FN5O2S/c22-13-3-1-10-23-18(13)21(8-2-9-21)11-24-16-7-5-14(26-27-16)19-25-17-12(20(28)29)4-6-15(17)30-19/h1,3,5,7,10,12H,2,4,6,8-9,11H2,(H,24,27)(H,28,29). The van der Waals surface area contributed by atoms with Gasteiger partial charge in [-0.15, -0.1) is 21.5 Å². The molecule has 1 atom stereocenters. The molecule has 2 aliphatic carbocycles. The van der Waals surface area contributed by atoms with Crippen molar-refractivity contribution < 1.29 is 14.3 Å². The van der Waals surface area contributed by atoms with Crippen LogP contribution in [-0.4, -0.2) is 37.8 Å². The monoisotopic (exact) mass is 425 g/mol. The van der Waals surface area contributed by atoms with Crippen molar-refractivity contribution in [1.82, 2.24) is 20.2 Å². The topological polar surface area (TPSA) is 101 Å². The van der Waals surface area contributed by atoms with Crippen molar-refractivity contribution in [3.05, 3.63) is 52.5 Å². The number of hydrogen-bond acceptors (Lipinski definition) is 7. The van der Waals surface area contributed by atoms with Gasteiger partial charge in [-0.25, -0.2) is 9.37 Å². The van der Waals surface area contributed by atoms with Gasteiger partial charge in [0.25, 0.3) is 0 Å². The zero-order chi connectivity index (χ0) is 20.7. The molecule has 2 aliphatic rings. The summed E-state index contributed by atoms with van der Waals surface area (Å²) < 4.78 is 14.3. The highest BCUT2D eigenvalue weighted by Crippen LogP contribution is 2.44. The summed E-state index contributed by atoms with van der Waals surface area (Å²) in [5.74, 6) is -1.01. The second kappa shape index (κ2) is 7.39. The number of anilines is 1. The number of nitrogens with one attached hydrogen (secondary N) is 1. The molecular formula is C21H20FN5O2S. The third-order valence-electron chi connectivity index (χ3n) is 6.08. The SMILES string of the molecule is O=C(O)C1CCc2sc(-c3ccc(NCC4(c5ncccc5F)CCC4)nn3)nc21. The molecule has 0 amide bonds. The fourth-order valence-electron chi connectivity index (χ4n) is 4.25. The van der Waals surface area contributed by atoms with Crippen LogP contribution in [-0.2, 0) is 16.6 Å². The molecule has 3 aromatic rings. The smallest absolute Gasteiger partial charge is 0.312 e. The van der Waals surface area contributed by atoms with Gasteiger partial charge in [-0.05, 0) is 49.9 Å². The number of thiazole rings is 1. The minimum absolute atomic E-state index is 0.267. The Morgan fingerprint density at radius 3 is 2.83 bits per heavy atom. The van der Waals surface area contributed by atoms with Crippen LogP contribution in [0.25, 0.3) is 10.7 Å². The van der Waals surface area contributed by atoms with Crippen LogP contribution in [0.2, 0.25) is 0 Å². The molecule has 0 saturated heterocycles. The van der Waals surface area contributed by atoms with Crippen LogP contribution in [0.3, 0.4) is 0 Å². The zero-order valence-corrected chi connectivity index (χ0v) is 17.0. The van der Waals surface area contributed by atoms with Gasteiger partial charge in [-0.3, -0.25) is 9.78 Å². The predicted molar refractivity (Wildman–Crippen MR) is 110 cm³/mol. The largest absolute Gasteiger partial charge is 0.481 e. The number of carbonyl (C=O) groups is 1. The summed E-state index contributed by atoms with van der Waals surface area (Å²) in [5, 5.41) is 21.8. The molecule has 1 saturated carbocycles. The highest BCUT2D eigenvalue weighted by molar-refractivity contribution is 7.15. The molecule has 1 fully saturated rings. The Hall–Kier alpha value is -2.94. The van der Waals surface area contributed by atoms with Gasteiger partial charge in [0.15, 0.2) is 0 Å². The number of rotatable bonds is 6. The van der Waals surface area contributed by atoms with Crippen LogP contribution in [0.5, 0.6) is 0 Å². The van der Waals surface area contributed by atoms with Crippen molar-refractivity contribution in [2.75, 3.05) is 11.9 Å². The lowest BCUT2D eigenvalue weighted by atomic mass is 9.66. The van der Waals surface area contributed by atoms with Crippen molar-refractivity contribution in [2.24, 2.45) is 0 Å². The molecule has 0 aromatic carbocycles. The number of carboxylic acid groups (broad SMARTS) is 1. The molecule has 0 radical (unpaired) electrons. The fourth-order valence-corrected chi connectivity index (χ4v) is 5.36. The van der Waals surface area contributed by atoms with E-state index in [4.69, 9.17) is 0 Å². The minimum Gasteiger partial charge on any atom is -0.481 e. The maximum absolute atomic E-state index is 14.3. The second-order valence-corrected chi connectivity index (χ2v) is 8.97. The first-order valence-electron chi connectivity index (χ1n) is 9.97. The van der Waals surface area contributed by atoms with Gasteiger partial charge < -0.3 is 10.4 Å². The predicted octanol–water partition coefficient (Wildman–Crippen LogP) is 3.78. The van der Waals surface area contributed by atoms with Crippen LogP contribution >= 0.6 is 11.3 Å². The van der Waals surface area contributed by atoms with Crippen LogP contribution in [0, 0.1) is 5.82 Å². The van der Waals surface area contributed by atoms with Gasteiger partial charge >= 0.3 is 5.97 Å². The molecule has 2 N–H and O–H groups in total. The molecule has 7 nitrogen and oxygen atoms in total. The summed E-state index contributed by atoms with van der Waals surface area (Å²) in [7, 11) is 0. The van der Waals surface area contributed by atoms with E-state index in [-0.39, 0.29) is 11.2 Å². The van der Waals surface area contributed by atoms with Gasteiger partial charge in [0.2, 0.25) is 0 Å². The number of carboxylic acids is 1. The number of aromatic nitrogens is 4. The number of aliphatic carboxylic acids is 1. The number of pyridine rings is 1. The first kappa shape index (κ1) is 19.0. The Morgan fingerprint density at radius 2 is 2.17 bits per heavy atom. The molecule has 154 valence electrons. The van der Waals surface area contributed by atoms with Crippen LogP contribution in [0.15, 0.2) is 30.5 Å². The van der Waals surface area contributed by atoms with E-state index in [2.05, 4.69) is 25.5 Å². The quantitative estimate of drug-likeness (QED) is 0.620. The van der Waals surface area contributed by atoms with E-state index in [1.54, 1.807) is 12.3 Å². The van der Waals surface area contributed by atoms with Crippen molar-refractivity contribution in [3.8, 4) is 10.7 Å². The third-order valence-corrected chi connectivity index (χ3v) is 7.23. The molecule has 0 bridgehead atoms. The highest BCUT2D eigenvalue weighted by atomic mass is 32.1. The van der Waals surface area contributed by atoms with E-state index in [0.717, 1.165) is 30.6 Å². The van der Waals surface area contributed by atoms with Crippen LogP contribution in [0.1, 0.15) is 47.9 Å². The highest BCUT2D eigenvalue weighted by Gasteiger charge is 2.41. The van der Waals surface area contributed by atoms with Gasteiger partial charge in [-0.2, -0.15) is 0 Å². The average molecular weight is 425 g/mol. The third kappa shape index (κ3) is 3.23. The summed E-state index contributed by atoms with van der Waals surface area (Å²) in [6.07, 6.45) is 5.80. The minimum atomic E-state index is -0.828. The van der Waals surface area contributed by atoms with E-state index in [1.165, 1.54) is 17.4 Å². The lowest BCUT2D eigenvalue weighted by Gasteiger charge is -2.41. The number of aryl methyl sites for hydroxylation is 1. The van der Waals surface area contributed by atoms with Crippen LogP contribution in [0.4, 0.5) is 10.2 Å². The maximum Gasteiger partial charge on any atom is 0.312 e. The molecule has 9 heteroatoms. The Morgan fingerprint density at radius 1 is 1.30 bits per heavy atom. The molecule has 5 rings (SSSR count). The first-order valence-corrected chi connectivity index (χ1v) is 10.8. The Kier molecular flexibility index (Phi) is 4.69. The molecule has 0 spiro atoms. The number of fused-ring (bicyclic) bond motifs is 1. The average Bonchev–Trinajstić information content (AvgIpc) is 3.29. The molecule has 0 aliphatic heterocycles. The molecule has 30 heavy (non-hydrogen) atoms. The maximum atomic E-state index is 14.3. The number of hydrogen-bond donors (Lipinski definition) is 2. The summed E-state index contributed by atoms with van der Waals surface area (Å²) in [5.41, 5.74) is 1.49. The van der Waals surface area contributed by atoms with Crippen molar-refractivity contribution in [2.45, 2.75) is 43.4 Å². The van der Waals surface area contributed by atoms with Crippen molar-refractivity contribution in [1.29, 1.82) is 0 Å². The van der Waals surface area contributed by atoms with Gasteiger partial charge in [0.1, 0.15) is 28.3 Å². The Labute approximate surface area is 176 Å². The summed E-state index contributed by atoms with van der Waals surface area (Å²) in [4.78, 5) is 21.2. The Bertz CT molecular complexity index is 1100. The van der Waals surface area contributed by atoms with Gasteiger partial charge in [0.05, 0.1) is 11.4 Å². The van der Waals surface area contributed by atoms with E-state index in [1.807, 2.05) is 12.1 Å². The fraction of sp³-hybridized carbons (Fsp3) is 0.381. The van der Waals surface area contributed by atoms with Gasteiger partial charge in [-0.1, -0.05) is 6.42 Å². The summed E-state index contributed by atoms with van der Waals surface area (Å²) in [6.45, 7) is 0.542. The number of halogens is 1. The van der Waals surface area contributed by atoms with Crippen molar-refractivity contribution in [3.63, 3.8) is 0 Å². The van der Waals surface area contributed by atoms with E-state index < -0.39 is 11.9 Å². The van der Waals surface area contributed by atoms with E-state index in [9.17, 15) is 14.3 Å². The zero-order valence-electron chi connectivity index (χ0n) is 16.1. The lowest BCUT2D eigenvalue weighted by Crippen LogP contribution is -2.42. The molecular weight excluding hydrogens is 405 g/mol. The lowest BCUT2D eigenvalue weighted by molar-refractivity contribution is -0.138. The second-order valence-electron chi connectivity index (χ2n) is 7.88. The van der Waals surface area contributed by atoms with Gasteiger partial charge in [0, 0.05) is 23.0 Å². The van der Waals surface area contributed by atoms with E-state index >= 15 is 0 Å².